The smallest absolute Gasteiger partial charge is 0.285 e. The average molecular weight is 443 g/mol. The molecular weight excluding hydrogens is 415 g/mol. The van der Waals surface area contributed by atoms with Gasteiger partial charge >= 0.3 is 0 Å². The first-order valence-electron chi connectivity index (χ1n) is 10.5. The van der Waals surface area contributed by atoms with Crippen molar-refractivity contribution in [1.29, 1.82) is 0 Å². The SMILES string of the molecule is CCN1CCN(Cc2ccc(NC3=NS(=O)(=O)C(c4ccc(F)cc4)=C3C)cc2)CC1. The largest absolute Gasteiger partial charge is 0.339 e. The molecule has 0 aromatic heterocycles. The first kappa shape index (κ1) is 21.7. The molecule has 2 aliphatic rings. The Bertz CT molecular complexity index is 1100. The summed E-state index contributed by atoms with van der Waals surface area (Å²) >= 11 is 0. The molecular formula is C23H27FN4O2S. The summed E-state index contributed by atoms with van der Waals surface area (Å²) in [4.78, 5) is 5.01. The maximum Gasteiger partial charge on any atom is 0.285 e. The van der Waals surface area contributed by atoms with E-state index in [4.69, 9.17) is 0 Å². The molecule has 0 spiro atoms. The molecule has 2 aliphatic heterocycles. The zero-order valence-corrected chi connectivity index (χ0v) is 18.6. The summed E-state index contributed by atoms with van der Waals surface area (Å²) in [7, 11) is -3.83. The van der Waals surface area contributed by atoms with Gasteiger partial charge in [-0.1, -0.05) is 31.2 Å². The molecule has 8 heteroatoms. The lowest BCUT2D eigenvalue weighted by molar-refractivity contribution is 0.132. The van der Waals surface area contributed by atoms with Crippen molar-refractivity contribution < 1.29 is 12.8 Å². The average Bonchev–Trinajstić information content (AvgIpc) is 2.98. The molecule has 2 heterocycles. The van der Waals surface area contributed by atoms with Crippen LogP contribution in [0.25, 0.3) is 4.91 Å². The van der Waals surface area contributed by atoms with Gasteiger partial charge in [0.2, 0.25) is 0 Å². The van der Waals surface area contributed by atoms with E-state index >= 15 is 0 Å². The number of anilines is 1. The lowest BCUT2D eigenvalue weighted by atomic mass is 10.1. The highest BCUT2D eigenvalue weighted by Gasteiger charge is 2.31. The van der Waals surface area contributed by atoms with E-state index in [1.165, 1.54) is 29.8 Å². The van der Waals surface area contributed by atoms with Crippen molar-refractivity contribution in [3.05, 3.63) is 71.0 Å². The van der Waals surface area contributed by atoms with Crippen LogP contribution in [-0.4, -0.2) is 56.8 Å². The van der Waals surface area contributed by atoms with Gasteiger partial charge in [-0.3, -0.25) is 4.90 Å². The summed E-state index contributed by atoms with van der Waals surface area (Å²) in [5.74, 6) is -0.119. The van der Waals surface area contributed by atoms with Gasteiger partial charge in [0, 0.05) is 44.0 Å². The van der Waals surface area contributed by atoms with Crippen LogP contribution >= 0.6 is 0 Å². The van der Waals surface area contributed by atoms with Crippen molar-refractivity contribution in [2.75, 3.05) is 38.0 Å². The Morgan fingerprint density at radius 1 is 0.968 bits per heavy atom. The van der Waals surface area contributed by atoms with Crippen LogP contribution in [0.1, 0.15) is 25.0 Å². The number of piperazine rings is 1. The zero-order valence-electron chi connectivity index (χ0n) is 17.8. The highest BCUT2D eigenvalue weighted by atomic mass is 32.2. The molecule has 1 N–H and O–H groups in total. The Morgan fingerprint density at radius 2 is 1.58 bits per heavy atom. The number of hydrogen-bond acceptors (Lipinski definition) is 5. The molecule has 0 unspecified atom stereocenters. The normalized spacial score (nSPS) is 19.5. The highest BCUT2D eigenvalue weighted by Crippen LogP contribution is 2.33. The van der Waals surface area contributed by atoms with Crippen LogP contribution in [0.3, 0.4) is 0 Å². The number of hydrogen-bond donors (Lipinski definition) is 1. The van der Waals surface area contributed by atoms with Gasteiger partial charge < -0.3 is 10.2 Å². The third kappa shape index (κ3) is 4.87. The Balaban J connectivity index is 1.45. The second-order valence-corrected chi connectivity index (χ2v) is 9.45. The molecule has 1 fully saturated rings. The quantitative estimate of drug-likeness (QED) is 0.767. The van der Waals surface area contributed by atoms with Gasteiger partial charge in [-0.2, -0.15) is 8.42 Å². The predicted octanol–water partition coefficient (Wildman–Crippen LogP) is 3.55. The molecule has 1 saturated heterocycles. The number of sulfonamides is 1. The van der Waals surface area contributed by atoms with Crippen LogP contribution in [0.4, 0.5) is 10.1 Å². The van der Waals surface area contributed by atoms with E-state index in [9.17, 15) is 12.8 Å². The fourth-order valence-corrected chi connectivity index (χ4v) is 5.40. The number of amidine groups is 1. The zero-order chi connectivity index (χ0) is 22.0. The molecule has 0 bridgehead atoms. The number of nitrogens with one attached hydrogen (secondary N) is 1. The number of nitrogens with zero attached hydrogens (tertiary/aromatic N) is 3. The lowest BCUT2D eigenvalue weighted by Crippen LogP contribution is -2.45. The van der Waals surface area contributed by atoms with E-state index in [0.717, 1.165) is 45.0 Å². The molecule has 6 nitrogen and oxygen atoms in total. The minimum Gasteiger partial charge on any atom is -0.339 e. The summed E-state index contributed by atoms with van der Waals surface area (Å²) in [5, 5.41) is 3.12. The maximum atomic E-state index is 13.2. The van der Waals surface area contributed by atoms with E-state index in [1.807, 2.05) is 12.1 Å². The summed E-state index contributed by atoms with van der Waals surface area (Å²) in [5.41, 5.74) is 2.94. The number of halogens is 1. The molecule has 164 valence electrons. The van der Waals surface area contributed by atoms with Crippen molar-refractivity contribution in [3.63, 3.8) is 0 Å². The summed E-state index contributed by atoms with van der Waals surface area (Å²) in [6, 6.07) is 13.4. The second-order valence-electron chi connectivity index (χ2n) is 7.91. The number of benzene rings is 2. The molecule has 4 rings (SSSR count). The van der Waals surface area contributed by atoms with Gasteiger partial charge in [-0.25, -0.2) is 4.39 Å². The summed E-state index contributed by atoms with van der Waals surface area (Å²) in [6.45, 7) is 10.3. The third-order valence-electron chi connectivity index (χ3n) is 5.81. The molecule has 2 aromatic rings. The molecule has 0 aliphatic carbocycles. The van der Waals surface area contributed by atoms with Crippen LogP contribution in [0.5, 0.6) is 0 Å². The van der Waals surface area contributed by atoms with Crippen LogP contribution in [0, 0.1) is 5.82 Å². The molecule has 0 saturated carbocycles. The van der Waals surface area contributed by atoms with Crippen molar-refractivity contribution in [2.24, 2.45) is 4.40 Å². The molecule has 0 amide bonds. The maximum absolute atomic E-state index is 13.2. The minimum atomic E-state index is -3.83. The molecule has 0 atom stereocenters. The Kier molecular flexibility index (Phi) is 6.22. The predicted molar refractivity (Wildman–Crippen MR) is 123 cm³/mol. The van der Waals surface area contributed by atoms with Gasteiger partial charge in [0.1, 0.15) is 16.6 Å². The van der Waals surface area contributed by atoms with Crippen molar-refractivity contribution in [1.82, 2.24) is 9.80 Å². The van der Waals surface area contributed by atoms with Crippen LogP contribution in [0.2, 0.25) is 0 Å². The van der Waals surface area contributed by atoms with Gasteiger partial charge in [0.05, 0.1) is 0 Å². The van der Waals surface area contributed by atoms with E-state index in [-0.39, 0.29) is 4.91 Å². The van der Waals surface area contributed by atoms with E-state index < -0.39 is 15.8 Å². The van der Waals surface area contributed by atoms with Gasteiger partial charge in [0.15, 0.2) is 0 Å². The second kappa shape index (κ2) is 8.90. The van der Waals surface area contributed by atoms with Crippen LogP contribution < -0.4 is 5.32 Å². The Morgan fingerprint density at radius 3 is 2.19 bits per heavy atom. The van der Waals surface area contributed by atoms with Gasteiger partial charge in [0.25, 0.3) is 10.0 Å². The molecule has 31 heavy (non-hydrogen) atoms. The van der Waals surface area contributed by atoms with E-state index in [1.54, 1.807) is 6.92 Å². The Hall–Kier alpha value is -2.55. The van der Waals surface area contributed by atoms with Crippen LogP contribution in [0.15, 0.2) is 58.5 Å². The van der Waals surface area contributed by atoms with Crippen LogP contribution in [-0.2, 0) is 16.6 Å². The molecule has 0 radical (unpaired) electrons. The number of likely N-dealkylation sites (N-methyl/N-ethyl adjacent to an activating group) is 1. The first-order chi connectivity index (χ1) is 14.9. The first-order valence-corrected chi connectivity index (χ1v) is 11.9. The Labute approximate surface area is 183 Å². The van der Waals surface area contributed by atoms with Crippen molar-refractivity contribution in [3.8, 4) is 0 Å². The highest BCUT2D eigenvalue weighted by molar-refractivity contribution is 8.00. The topological polar surface area (TPSA) is 65.0 Å². The van der Waals surface area contributed by atoms with Crippen molar-refractivity contribution in [2.45, 2.75) is 20.4 Å². The van der Waals surface area contributed by atoms with Gasteiger partial charge in [-0.15, -0.1) is 4.40 Å². The van der Waals surface area contributed by atoms with E-state index in [0.29, 0.717) is 17.0 Å². The fraction of sp³-hybridized carbons (Fsp3) is 0.348. The standard InChI is InChI=1S/C23H27FN4O2S/c1-3-27-12-14-28(15-13-27)16-18-4-10-21(11-5-18)25-23-17(2)22(31(29,30)26-23)19-6-8-20(24)9-7-19/h4-11H,3,12-16H2,1-2H3,(H,25,26). The minimum absolute atomic E-state index is 0.109. The van der Waals surface area contributed by atoms with Gasteiger partial charge in [-0.05, 0) is 48.9 Å². The summed E-state index contributed by atoms with van der Waals surface area (Å²) < 4.78 is 42.3. The third-order valence-corrected chi connectivity index (χ3v) is 7.29. The lowest BCUT2D eigenvalue weighted by Gasteiger charge is -2.34. The summed E-state index contributed by atoms with van der Waals surface area (Å²) in [6.07, 6.45) is 0. The molecule has 2 aromatic carbocycles. The van der Waals surface area contributed by atoms with E-state index in [2.05, 4.69) is 38.6 Å². The monoisotopic (exact) mass is 442 g/mol. The number of rotatable bonds is 5. The fourth-order valence-electron chi connectivity index (χ4n) is 3.97. The van der Waals surface area contributed by atoms with Crippen molar-refractivity contribution >= 4 is 26.5 Å².